The van der Waals surface area contributed by atoms with Gasteiger partial charge in [0.05, 0.1) is 0 Å². The molecule has 0 saturated carbocycles. The van der Waals surface area contributed by atoms with Gasteiger partial charge in [-0.25, -0.2) is 13.2 Å². The summed E-state index contributed by atoms with van der Waals surface area (Å²) >= 11 is -1.89. The highest BCUT2D eigenvalue weighted by Crippen LogP contribution is 2.15. The highest BCUT2D eigenvalue weighted by molar-refractivity contribution is 8.93. The molecule has 76 valence electrons. The van der Waals surface area contributed by atoms with E-state index in [0.717, 1.165) is 5.56 Å². The number of benzene rings is 1. The molecule has 0 aliphatic carbocycles. The summed E-state index contributed by atoms with van der Waals surface area (Å²) in [7, 11) is 0. The first kappa shape index (κ1) is 14.3. The van der Waals surface area contributed by atoms with Gasteiger partial charge in [-0.05, 0) is 6.42 Å². The van der Waals surface area contributed by atoms with E-state index >= 15 is 0 Å². The van der Waals surface area contributed by atoms with E-state index in [1.54, 1.807) is 0 Å². The van der Waals surface area contributed by atoms with Crippen molar-refractivity contribution in [2.45, 2.75) is 15.3 Å². The summed E-state index contributed by atoms with van der Waals surface area (Å²) in [6.45, 7) is 0. The monoisotopic (exact) mass is 278 g/mol. The van der Waals surface area contributed by atoms with Crippen LogP contribution < -0.4 is 0 Å². The van der Waals surface area contributed by atoms with Gasteiger partial charge in [-0.15, -0.1) is 21.5 Å². The molecule has 0 aliphatic heterocycles. The number of rotatable bonds is 3. The Morgan fingerprint density at radius 1 is 1.07 bits per heavy atom. The van der Waals surface area contributed by atoms with Crippen LogP contribution in [0.1, 0.15) is 5.56 Å². The molecule has 0 fully saturated rings. The quantitative estimate of drug-likeness (QED) is 0.743. The van der Waals surface area contributed by atoms with E-state index in [9.17, 15) is 13.2 Å². The highest BCUT2D eigenvalue weighted by atomic mass is 79.9. The van der Waals surface area contributed by atoms with E-state index in [1.165, 1.54) is 0 Å². The van der Waals surface area contributed by atoms with Gasteiger partial charge in [0.1, 0.15) is 0 Å². The van der Waals surface area contributed by atoms with Crippen LogP contribution in [0.15, 0.2) is 30.3 Å². The van der Waals surface area contributed by atoms with Crippen LogP contribution in [-0.4, -0.2) is 24.7 Å². The topological polar surface area (TPSA) is 0 Å². The minimum atomic E-state index is -3.88. The Morgan fingerprint density at radius 2 is 1.64 bits per heavy atom. The predicted molar refractivity (Wildman–Crippen MR) is 57.1 cm³/mol. The zero-order valence-electron chi connectivity index (χ0n) is 7.55. The summed E-state index contributed by atoms with van der Waals surface area (Å²) in [5.41, 5.74) is 0.999. The van der Waals surface area contributed by atoms with Gasteiger partial charge in [-0.2, -0.15) is 0 Å². The number of alkyl halides is 3. The Bertz CT molecular complexity index is 248. The third-order valence-electron chi connectivity index (χ3n) is 1.77. The van der Waals surface area contributed by atoms with Gasteiger partial charge in [0.2, 0.25) is 0 Å². The molecule has 0 amide bonds. The molecule has 0 spiro atoms. The fraction of sp³-hybridized carbons (Fsp3) is 0.333. The lowest BCUT2D eigenvalue weighted by molar-refractivity contribution is -0.0472. The maximum atomic E-state index is 11.8. The summed E-state index contributed by atoms with van der Waals surface area (Å²) in [6.07, 6.45) is 0.562. The minimum absolute atomic E-state index is 0. The van der Waals surface area contributed by atoms with Crippen molar-refractivity contribution in [3.63, 3.8) is 0 Å². The van der Waals surface area contributed by atoms with Crippen molar-refractivity contribution in [2.24, 2.45) is 0 Å². The number of halogens is 4. The molecule has 1 rings (SSSR count). The Hall–Kier alpha value is 0.256. The molecule has 0 aromatic heterocycles. The molecule has 0 unspecified atom stereocenters. The summed E-state index contributed by atoms with van der Waals surface area (Å²) in [6, 6.07) is 9.30. The predicted octanol–water partition coefficient (Wildman–Crippen LogP) is 3.45. The van der Waals surface area contributed by atoms with Crippen LogP contribution >= 0.6 is 17.0 Å². The fourth-order valence-electron chi connectivity index (χ4n) is 1.14. The zero-order chi connectivity index (χ0) is 9.73. The van der Waals surface area contributed by atoms with Crippen LogP contribution in [0.4, 0.5) is 13.2 Å². The van der Waals surface area contributed by atoms with E-state index in [0.29, 0.717) is 11.0 Å². The van der Waals surface area contributed by atoms with Crippen molar-refractivity contribution in [1.82, 2.24) is 0 Å². The second-order valence-corrected chi connectivity index (χ2v) is 4.96. The Kier molecular flexibility index (Phi) is 6.81. The van der Waals surface area contributed by atoms with E-state index in [4.69, 9.17) is 0 Å². The second-order valence-electron chi connectivity index (χ2n) is 2.95. The van der Waals surface area contributed by atoms with Crippen LogP contribution in [-0.2, 0) is 6.42 Å². The van der Waals surface area contributed by atoms with Crippen LogP contribution in [0.5, 0.6) is 0 Å². The van der Waals surface area contributed by atoms with Crippen LogP contribution in [0.2, 0.25) is 4.55 Å². The summed E-state index contributed by atoms with van der Waals surface area (Å²) in [5, 5.41) is 0. The van der Waals surface area contributed by atoms with Gasteiger partial charge in [0.15, 0.2) is 0 Å². The van der Waals surface area contributed by atoms with Crippen LogP contribution in [0, 0.1) is 0 Å². The van der Waals surface area contributed by atoms with Gasteiger partial charge < -0.3 is 0 Å². The number of hydrogen-bond acceptors (Lipinski definition) is 0. The van der Waals surface area contributed by atoms with Crippen molar-refractivity contribution in [1.29, 1.82) is 0 Å². The molecule has 0 aliphatic rings. The van der Waals surface area contributed by atoms with Crippen molar-refractivity contribution in [2.75, 3.05) is 0 Å². The summed E-state index contributed by atoms with van der Waals surface area (Å²) < 4.78 is 31.9. The molecule has 5 heteroatoms. The van der Waals surface area contributed by atoms with Crippen molar-refractivity contribution >= 4 is 37.3 Å². The standard InChI is InChI=1S/C8H9.CF3.BrH.Mg/c1-2-8-6-4-3-5-7-8;2-1(3)4;;/h3-7H,1-2H2;;1H;. The lowest BCUT2D eigenvalue weighted by Crippen LogP contribution is -2.18. The molecule has 0 saturated heterocycles. The number of aryl methyl sites for hydroxylation is 1. The maximum absolute atomic E-state index is 11.8. The average molecular weight is 279 g/mol. The van der Waals surface area contributed by atoms with E-state index in [2.05, 4.69) is 0 Å². The number of hydrogen-bond donors (Lipinski definition) is 0. The molecule has 0 N–H and O–H groups in total. The first-order chi connectivity index (χ1) is 6.08. The summed E-state index contributed by atoms with van der Waals surface area (Å²) in [4.78, 5) is 0. The lowest BCUT2D eigenvalue weighted by Gasteiger charge is -2.04. The molecule has 0 heterocycles. The van der Waals surface area contributed by atoms with Gasteiger partial charge >= 0.3 is 20.4 Å². The largest absolute Gasteiger partial charge is 0.532 e. The molecular formula is C9H10BrF3Mg. The van der Waals surface area contributed by atoms with Gasteiger partial charge in [0, 0.05) is 0 Å². The third-order valence-corrected chi connectivity index (χ3v) is 3.04. The van der Waals surface area contributed by atoms with Gasteiger partial charge in [0.25, 0.3) is 4.31 Å². The smallest absolute Gasteiger partial charge is 0.207 e. The van der Waals surface area contributed by atoms with Crippen molar-refractivity contribution in [3.8, 4) is 0 Å². The minimum Gasteiger partial charge on any atom is -0.207 e. The van der Waals surface area contributed by atoms with Crippen LogP contribution in [0.25, 0.3) is 0 Å². The van der Waals surface area contributed by atoms with Crippen molar-refractivity contribution < 1.29 is 13.2 Å². The third kappa shape index (κ3) is 6.67. The normalized spacial score (nSPS) is 10.2. The average Bonchev–Trinajstić information content (AvgIpc) is 2.04. The maximum Gasteiger partial charge on any atom is 0.532 e. The molecule has 14 heavy (non-hydrogen) atoms. The second kappa shape index (κ2) is 6.69. The molecular weight excluding hydrogens is 269 g/mol. The molecule has 1 aromatic rings. The van der Waals surface area contributed by atoms with E-state index < -0.39 is 24.7 Å². The van der Waals surface area contributed by atoms with E-state index in [-0.39, 0.29) is 17.0 Å². The lowest BCUT2D eigenvalue weighted by atomic mass is 10.2. The van der Waals surface area contributed by atoms with Crippen molar-refractivity contribution in [3.05, 3.63) is 35.9 Å². The molecule has 0 bridgehead atoms. The first-order valence-electron chi connectivity index (χ1n) is 4.18. The molecule has 0 atom stereocenters. The Labute approximate surface area is 101 Å². The zero-order valence-corrected chi connectivity index (χ0v) is 10.7. The molecule has 0 radical (unpaired) electrons. The highest BCUT2D eigenvalue weighted by Gasteiger charge is 2.29. The Morgan fingerprint density at radius 3 is 2.14 bits per heavy atom. The summed E-state index contributed by atoms with van der Waals surface area (Å²) in [5.74, 6) is 0. The van der Waals surface area contributed by atoms with Crippen LogP contribution in [0.3, 0.4) is 0 Å². The molecule has 1 aromatic carbocycles. The van der Waals surface area contributed by atoms with Gasteiger partial charge in [-0.1, -0.05) is 35.9 Å². The fourth-order valence-corrected chi connectivity index (χ4v) is 2.12. The van der Waals surface area contributed by atoms with E-state index in [1.807, 2.05) is 30.3 Å². The SMILES string of the molecule is Br.F[C](F)(F)[Mg][CH2]Cc1ccccc1. The van der Waals surface area contributed by atoms with Gasteiger partial charge in [-0.3, -0.25) is 0 Å². The Balaban J connectivity index is 0.00000169. The first-order valence-corrected chi connectivity index (χ1v) is 5.89. The molecule has 0 nitrogen and oxygen atoms in total.